The van der Waals surface area contributed by atoms with E-state index in [1.165, 1.54) is 12.1 Å². The molecule has 4 heteroatoms. The van der Waals surface area contributed by atoms with E-state index in [4.69, 9.17) is 11.5 Å². The normalized spacial score (nSPS) is 9.83. The number of hydrogen-bond donors (Lipinski definition) is 2. The predicted molar refractivity (Wildman–Crippen MR) is 44.1 cm³/mol. The summed E-state index contributed by atoms with van der Waals surface area (Å²) in [5, 5.41) is 0. The number of carbonyl (C=O) groups is 1. The molecular formula is C8H9FN2O. The van der Waals surface area contributed by atoms with Gasteiger partial charge in [0.25, 0.3) is 0 Å². The third-order valence-corrected chi connectivity index (χ3v) is 1.61. The first-order valence-corrected chi connectivity index (χ1v) is 3.38. The van der Waals surface area contributed by atoms with E-state index < -0.39 is 11.7 Å². The zero-order valence-electron chi connectivity index (χ0n) is 6.60. The molecule has 0 atom stereocenters. The Labute approximate surface area is 69.2 Å². The van der Waals surface area contributed by atoms with Gasteiger partial charge >= 0.3 is 0 Å². The number of benzene rings is 1. The van der Waals surface area contributed by atoms with E-state index in [9.17, 15) is 9.18 Å². The number of amides is 1. The molecule has 0 aliphatic rings. The van der Waals surface area contributed by atoms with Gasteiger partial charge in [-0.25, -0.2) is 4.39 Å². The van der Waals surface area contributed by atoms with Gasteiger partial charge in [0.15, 0.2) is 0 Å². The van der Waals surface area contributed by atoms with E-state index in [0.717, 1.165) is 0 Å². The fourth-order valence-electron chi connectivity index (χ4n) is 0.955. The lowest BCUT2D eigenvalue weighted by Gasteiger charge is -2.03. The van der Waals surface area contributed by atoms with Crippen LogP contribution in [0, 0.1) is 12.7 Å². The van der Waals surface area contributed by atoms with Crippen molar-refractivity contribution in [1.29, 1.82) is 0 Å². The summed E-state index contributed by atoms with van der Waals surface area (Å²) in [6, 6.07) is 2.43. The molecule has 0 unspecified atom stereocenters. The minimum Gasteiger partial charge on any atom is -0.396 e. The van der Waals surface area contributed by atoms with E-state index in [0.29, 0.717) is 5.56 Å². The summed E-state index contributed by atoms with van der Waals surface area (Å²) in [5.41, 5.74) is 11.0. The molecule has 0 aliphatic carbocycles. The smallest absolute Gasteiger partial charge is 0.249 e. The van der Waals surface area contributed by atoms with Crippen LogP contribution in [0.25, 0.3) is 0 Å². The molecule has 0 saturated carbocycles. The average molecular weight is 168 g/mol. The number of primary amides is 1. The highest BCUT2D eigenvalue weighted by atomic mass is 19.1. The number of hydrogen-bond acceptors (Lipinski definition) is 2. The second-order valence-electron chi connectivity index (χ2n) is 2.55. The number of halogens is 1. The maximum atomic E-state index is 12.7. The van der Waals surface area contributed by atoms with Crippen LogP contribution >= 0.6 is 0 Å². The molecule has 0 spiro atoms. The summed E-state index contributed by atoms with van der Waals surface area (Å²) in [7, 11) is 0. The van der Waals surface area contributed by atoms with Crippen molar-refractivity contribution in [3.63, 3.8) is 0 Å². The molecule has 1 aromatic carbocycles. The second kappa shape index (κ2) is 2.81. The maximum absolute atomic E-state index is 12.7. The Morgan fingerprint density at radius 2 is 2.08 bits per heavy atom. The number of nitrogens with two attached hydrogens (primary N) is 2. The number of anilines is 1. The number of carbonyl (C=O) groups excluding carboxylic acids is 1. The van der Waals surface area contributed by atoms with Gasteiger partial charge < -0.3 is 11.5 Å². The molecular weight excluding hydrogens is 159 g/mol. The van der Waals surface area contributed by atoms with Crippen molar-refractivity contribution < 1.29 is 9.18 Å². The lowest BCUT2D eigenvalue weighted by atomic mass is 10.1. The average Bonchev–Trinajstić information content (AvgIpc) is 1.96. The summed E-state index contributed by atoms with van der Waals surface area (Å²) in [5.74, 6) is -1.13. The van der Waals surface area contributed by atoms with E-state index in [1.54, 1.807) is 6.92 Å². The molecule has 4 N–H and O–H groups in total. The molecule has 0 radical (unpaired) electrons. The summed E-state index contributed by atoms with van der Waals surface area (Å²) >= 11 is 0. The van der Waals surface area contributed by atoms with Gasteiger partial charge in [-0.05, 0) is 24.6 Å². The fraction of sp³-hybridized carbons (Fsp3) is 0.125. The number of rotatable bonds is 1. The molecule has 0 aliphatic heterocycles. The SMILES string of the molecule is Cc1cc(F)c(N)cc1C(N)=O. The van der Waals surface area contributed by atoms with Crippen LogP contribution in [0.1, 0.15) is 15.9 Å². The van der Waals surface area contributed by atoms with Gasteiger partial charge in [-0.3, -0.25) is 4.79 Å². The Bertz CT molecular complexity index is 336. The Morgan fingerprint density at radius 1 is 1.50 bits per heavy atom. The maximum Gasteiger partial charge on any atom is 0.249 e. The monoisotopic (exact) mass is 168 g/mol. The Hall–Kier alpha value is -1.58. The van der Waals surface area contributed by atoms with Gasteiger partial charge in [-0.2, -0.15) is 0 Å². The molecule has 1 aromatic rings. The van der Waals surface area contributed by atoms with Gasteiger partial charge in [0, 0.05) is 5.56 Å². The van der Waals surface area contributed by atoms with Gasteiger partial charge in [0.05, 0.1) is 5.69 Å². The summed E-state index contributed by atoms with van der Waals surface area (Å²) < 4.78 is 12.7. The van der Waals surface area contributed by atoms with Crippen molar-refractivity contribution in [3.05, 3.63) is 29.1 Å². The molecule has 0 fully saturated rings. The Morgan fingerprint density at radius 3 is 2.58 bits per heavy atom. The van der Waals surface area contributed by atoms with Crippen LogP contribution in [0.2, 0.25) is 0 Å². The summed E-state index contributed by atoms with van der Waals surface area (Å²) in [6.45, 7) is 1.60. The van der Waals surface area contributed by atoms with Gasteiger partial charge in [0.1, 0.15) is 5.82 Å². The first kappa shape index (κ1) is 8.52. The van der Waals surface area contributed by atoms with Crippen molar-refractivity contribution in [2.24, 2.45) is 5.73 Å². The largest absolute Gasteiger partial charge is 0.396 e. The predicted octanol–water partition coefficient (Wildman–Crippen LogP) is 0.815. The van der Waals surface area contributed by atoms with Gasteiger partial charge in [-0.15, -0.1) is 0 Å². The minimum absolute atomic E-state index is 0.0607. The number of aryl methyl sites for hydroxylation is 1. The lowest BCUT2D eigenvalue weighted by molar-refractivity contribution is 0.0999. The molecule has 3 nitrogen and oxygen atoms in total. The van der Waals surface area contributed by atoms with Gasteiger partial charge in [-0.1, -0.05) is 0 Å². The summed E-state index contributed by atoms with van der Waals surface area (Å²) in [6.07, 6.45) is 0. The molecule has 12 heavy (non-hydrogen) atoms. The van der Waals surface area contributed by atoms with E-state index in [1.807, 2.05) is 0 Å². The molecule has 1 amide bonds. The molecule has 0 bridgehead atoms. The van der Waals surface area contributed by atoms with Crippen LogP contribution in [-0.4, -0.2) is 5.91 Å². The third kappa shape index (κ3) is 1.37. The molecule has 0 heterocycles. The van der Waals surface area contributed by atoms with Crippen LogP contribution in [0.4, 0.5) is 10.1 Å². The third-order valence-electron chi connectivity index (χ3n) is 1.61. The number of nitrogen functional groups attached to an aromatic ring is 1. The Kier molecular flexibility index (Phi) is 1.99. The second-order valence-corrected chi connectivity index (χ2v) is 2.55. The minimum atomic E-state index is -0.598. The first-order valence-electron chi connectivity index (χ1n) is 3.38. The van der Waals surface area contributed by atoms with E-state index in [-0.39, 0.29) is 11.3 Å². The standard InChI is InChI=1S/C8H9FN2O/c1-4-2-6(9)7(10)3-5(4)8(11)12/h2-3H,10H2,1H3,(H2,11,12). The zero-order valence-corrected chi connectivity index (χ0v) is 6.60. The van der Waals surface area contributed by atoms with Crippen LogP contribution in [0.15, 0.2) is 12.1 Å². The topological polar surface area (TPSA) is 69.1 Å². The quantitative estimate of drug-likeness (QED) is 0.609. The molecule has 1 rings (SSSR count). The van der Waals surface area contributed by atoms with Crippen molar-refractivity contribution >= 4 is 11.6 Å². The first-order chi connectivity index (χ1) is 5.52. The highest BCUT2D eigenvalue weighted by Gasteiger charge is 2.08. The van der Waals surface area contributed by atoms with Crippen molar-refractivity contribution in [1.82, 2.24) is 0 Å². The Balaban J connectivity index is 3.33. The van der Waals surface area contributed by atoms with Crippen molar-refractivity contribution in [2.75, 3.05) is 5.73 Å². The molecule has 0 aromatic heterocycles. The van der Waals surface area contributed by atoms with Crippen molar-refractivity contribution in [3.8, 4) is 0 Å². The van der Waals surface area contributed by atoms with Crippen LogP contribution in [-0.2, 0) is 0 Å². The van der Waals surface area contributed by atoms with Crippen LogP contribution in [0.5, 0.6) is 0 Å². The van der Waals surface area contributed by atoms with E-state index in [2.05, 4.69) is 0 Å². The summed E-state index contributed by atoms with van der Waals surface area (Å²) in [4.78, 5) is 10.7. The lowest BCUT2D eigenvalue weighted by Crippen LogP contribution is -2.13. The van der Waals surface area contributed by atoms with E-state index >= 15 is 0 Å². The van der Waals surface area contributed by atoms with Crippen LogP contribution < -0.4 is 11.5 Å². The van der Waals surface area contributed by atoms with Crippen molar-refractivity contribution in [2.45, 2.75) is 6.92 Å². The fourth-order valence-corrected chi connectivity index (χ4v) is 0.955. The van der Waals surface area contributed by atoms with Gasteiger partial charge in [0.2, 0.25) is 5.91 Å². The highest BCUT2D eigenvalue weighted by molar-refractivity contribution is 5.95. The highest BCUT2D eigenvalue weighted by Crippen LogP contribution is 2.16. The van der Waals surface area contributed by atoms with Crippen LogP contribution in [0.3, 0.4) is 0 Å². The molecule has 64 valence electrons. The zero-order chi connectivity index (χ0) is 9.30. The molecule has 0 saturated heterocycles.